The maximum atomic E-state index is 13.2. The first-order chi connectivity index (χ1) is 18.0. The minimum atomic E-state index is -3.74. The third kappa shape index (κ3) is 6.16. The maximum absolute atomic E-state index is 13.2. The van der Waals surface area contributed by atoms with Gasteiger partial charge in [-0.05, 0) is 97.8 Å². The highest BCUT2D eigenvalue weighted by atomic mass is 35.5. The van der Waals surface area contributed by atoms with Crippen molar-refractivity contribution < 1.29 is 22.7 Å². The number of sulfone groups is 1. The molecule has 0 saturated heterocycles. The molecule has 194 valence electrons. The number of ether oxygens (including phenoxy) is 1. The van der Waals surface area contributed by atoms with Crippen LogP contribution in [-0.4, -0.2) is 20.4 Å². The molecule has 4 aromatic carbocycles. The predicted molar refractivity (Wildman–Crippen MR) is 147 cm³/mol. The number of rotatable bonds is 6. The van der Waals surface area contributed by atoms with E-state index in [0.29, 0.717) is 33.3 Å². The van der Waals surface area contributed by atoms with Crippen molar-refractivity contribution >= 4 is 50.7 Å². The van der Waals surface area contributed by atoms with Crippen molar-refractivity contribution in [3.63, 3.8) is 0 Å². The van der Waals surface area contributed by atoms with Crippen LogP contribution in [0.3, 0.4) is 0 Å². The van der Waals surface area contributed by atoms with E-state index >= 15 is 0 Å². The zero-order chi connectivity index (χ0) is 27.4. The number of carbonyl (C=O) groups excluding carboxylic acids is 2. The lowest BCUT2D eigenvalue weighted by Crippen LogP contribution is -2.34. The lowest BCUT2D eigenvalue weighted by molar-refractivity contribution is 0.0967. The Morgan fingerprint density at radius 2 is 1.39 bits per heavy atom. The van der Waals surface area contributed by atoms with Crippen LogP contribution in [0.1, 0.15) is 21.5 Å². The van der Waals surface area contributed by atoms with Gasteiger partial charge in [-0.3, -0.25) is 10.1 Å². The number of aryl methyl sites for hydroxylation is 2. The Kier molecular flexibility index (Phi) is 8.06. The van der Waals surface area contributed by atoms with E-state index in [0.717, 1.165) is 0 Å². The van der Waals surface area contributed by atoms with E-state index in [1.807, 2.05) is 0 Å². The minimum absolute atomic E-state index is 0.155. The molecule has 0 radical (unpaired) electrons. The minimum Gasteiger partial charge on any atom is -0.457 e. The molecule has 0 aromatic heterocycles. The molecule has 0 spiro atoms. The molecule has 3 amide bonds. The molecule has 0 aliphatic carbocycles. The van der Waals surface area contributed by atoms with Crippen LogP contribution in [0.2, 0.25) is 10.0 Å². The van der Waals surface area contributed by atoms with Crippen molar-refractivity contribution in [2.75, 3.05) is 5.32 Å². The SMILES string of the molecule is Cc1cc(Oc2ccc(NC(=O)NC(=O)c3ccccc3Cl)cc2)cc(C)c1S(=O)(=O)c1ccc(Cl)cc1. The van der Waals surface area contributed by atoms with Gasteiger partial charge in [-0.15, -0.1) is 0 Å². The average Bonchev–Trinajstić information content (AvgIpc) is 2.85. The Morgan fingerprint density at radius 1 is 0.789 bits per heavy atom. The van der Waals surface area contributed by atoms with Gasteiger partial charge in [-0.25, -0.2) is 13.2 Å². The molecule has 0 aliphatic rings. The van der Waals surface area contributed by atoms with Gasteiger partial charge in [0.15, 0.2) is 0 Å². The first-order valence-electron chi connectivity index (χ1n) is 11.3. The Balaban J connectivity index is 1.43. The van der Waals surface area contributed by atoms with Gasteiger partial charge in [0.2, 0.25) is 9.84 Å². The van der Waals surface area contributed by atoms with Gasteiger partial charge in [-0.2, -0.15) is 0 Å². The van der Waals surface area contributed by atoms with Crippen molar-refractivity contribution in [3.05, 3.63) is 112 Å². The quantitative estimate of drug-likeness (QED) is 0.256. The normalized spacial score (nSPS) is 11.1. The van der Waals surface area contributed by atoms with Gasteiger partial charge in [0, 0.05) is 10.7 Å². The van der Waals surface area contributed by atoms with Gasteiger partial charge in [0.05, 0.1) is 20.4 Å². The lowest BCUT2D eigenvalue weighted by atomic mass is 10.1. The zero-order valence-corrected chi connectivity index (χ0v) is 22.6. The monoisotopic (exact) mass is 568 g/mol. The molecule has 0 unspecified atom stereocenters. The molecule has 0 saturated carbocycles. The molecule has 4 aromatic rings. The summed E-state index contributed by atoms with van der Waals surface area (Å²) in [5, 5.41) is 5.48. The topological polar surface area (TPSA) is 102 Å². The fourth-order valence-electron chi connectivity index (χ4n) is 3.85. The van der Waals surface area contributed by atoms with Crippen LogP contribution in [-0.2, 0) is 9.84 Å². The van der Waals surface area contributed by atoms with Crippen LogP contribution in [0.5, 0.6) is 11.5 Å². The number of urea groups is 1. The maximum Gasteiger partial charge on any atom is 0.326 e. The van der Waals surface area contributed by atoms with Crippen LogP contribution in [0.4, 0.5) is 10.5 Å². The Hall–Kier alpha value is -3.85. The second-order valence-corrected chi connectivity index (χ2v) is 11.1. The molecule has 7 nitrogen and oxygen atoms in total. The van der Waals surface area contributed by atoms with E-state index in [9.17, 15) is 18.0 Å². The number of imide groups is 1. The molecule has 10 heteroatoms. The molecule has 0 atom stereocenters. The van der Waals surface area contributed by atoms with Crippen molar-refractivity contribution in [3.8, 4) is 11.5 Å². The molecular weight excluding hydrogens is 547 g/mol. The summed E-state index contributed by atoms with van der Waals surface area (Å²) in [6.07, 6.45) is 0. The average molecular weight is 569 g/mol. The van der Waals surface area contributed by atoms with Gasteiger partial charge in [-0.1, -0.05) is 35.3 Å². The number of carbonyl (C=O) groups is 2. The van der Waals surface area contributed by atoms with Crippen molar-refractivity contribution in [2.45, 2.75) is 23.6 Å². The number of hydrogen-bond acceptors (Lipinski definition) is 5. The number of nitrogens with one attached hydrogen (secondary N) is 2. The fourth-order valence-corrected chi connectivity index (χ4v) is 5.89. The van der Waals surface area contributed by atoms with Gasteiger partial charge >= 0.3 is 6.03 Å². The second kappa shape index (κ2) is 11.3. The standard InChI is InChI=1S/C28H22Cl2N2O5S/c1-17-15-22(16-18(2)26(17)38(35,36)23-13-7-19(29)8-14-23)37-21-11-9-20(10-12-21)31-28(34)32-27(33)24-5-3-4-6-25(24)30/h3-16H,1-2H3,(H2,31,32,33,34). The molecule has 2 N–H and O–H groups in total. The van der Waals surface area contributed by atoms with Crippen LogP contribution in [0.15, 0.2) is 94.7 Å². The molecular formula is C28H22Cl2N2O5S. The summed E-state index contributed by atoms with van der Waals surface area (Å²) in [6, 6.07) is 21.5. The number of anilines is 1. The number of amides is 3. The Morgan fingerprint density at radius 3 is 2.00 bits per heavy atom. The summed E-state index contributed by atoms with van der Waals surface area (Å²) in [4.78, 5) is 24.8. The van der Waals surface area contributed by atoms with E-state index in [1.165, 1.54) is 30.3 Å². The molecule has 0 aliphatic heterocycles. The highest BCUT2D eigenvalue weighted by molar-refractivity contribution is 7.91. The van der Waals surface area contributed by atoms with Gasteiger partial charge in [0.1, 0.15) is 11.5 Å². The highest BCUT2D eigenvalue weighted by Crippen LogP contribution is 2.33. The largest absolute Gasteiger partial charge is 0.457 e. The van der Waals surface area contributed by atoms with Crippen LogP contribution < -0.4 is 15.4 Å². The fraction of sp³-hybridized carbons (Fsp3) is 0.0714. The van der Waals surface area contributed by atoms with Crippen molar-refractivity contribution in [1.82, 2.24) is 5.32 Å². The lowest BCUT2D eigenvalue weighted by Gasteiger charge is -2.14. The third-order valence-electron chi connectivity index (χ3n) is 5.52. The Bertz CT molecular complexity index is 1600. The summed E-state index contributed by atoms with van der Waals surface area (Å²) in [7, 11) is -3.74. The second-order valence-electron chi connectivity index (χ2n) is 8.36. The van der Waals surface area contributed by atoms with Crippen LogP contribution in [0.25, 0.3) is 0 Å². The molecule has 0 fully saturated rings. The van der Waals surface area contributed by atoms with Crippen LogP contribution >= 0.6 is 23.2 Å². The summed E-state index contributed by atoms with van der Waals surface area (Å²) >= 11 is 11.9. The van der Waals surface area contributed by atoms with Gasteiger partial charge < -0.3 is 10.1 Å². The molecule has 38 heavy (non-hydrogen) atoms. The Labute approximate surface area is 230 Å². The van der Waals surface area contributed by atoms with Gasteiger partial charge in [0.25, 0.3) is 5.91 Å². The highest BCUT2D eigenvalue weighted by Gasteiger charge is 2.23. The smallest absolute Gasteiger partial charge is 0.326 e. The summed E-state index contributed by atoms with van der Waals surface area (Å²) in [5.41, 5.74) is 1.69. The number of halogens is 2. The first-order valence-corrected chi connectivity index (χ1v) is 13.5. The number of benzene rings is 4. The first kappa shape index (κ1) is 27.2. The number of hydrogen-bond donors (Lipinski definition) is 2. The van der Waals surface area contributed by atoms with E-state index in [-0.39, 0.29) is 20.4 Å². The summed E-state index contributed by atoms with van der Waals surface area (Å²) in [6.45, 7) is 3.41. The summed E-state index contributed by atoms with van der Waals surface area (Å²) in [5.74, 6) is 0.300. The summed E-state index contributed by atoms with van der Waals surface area (Å²) < 4.78 is 32.3. The zero-order valence-electron chi connectivity index (χ0n) is 20.3. The molecule has 0 heterocycles. The third-order valence-corrected chi connectivity index (χ3v) is 8.18. The predicted octanol–water partition coefficient (Wildman–Crippen LogP) is 7.20. The molecule has 4 rings (SSSR count). The van der Waals surface area contributed by atoms with Crippen molar-refractivity contribution in [1.29, 1.82) is 0 Å². The van der Waals surface area contributed by atoms with E-state index in [2.05, 4.69) is 10.6 Å². The molecule has 0 bridgehead atoms. The van der Waals surface area contributed by atoms with E-state index in [4.69, 9.17) is 27.9 Å². The van der Waals surface area contributed by atoms with Crippen LogP contribution in [0, 0.1) is 13.8 Å². The van der Waals surface area contributed by atoms with E-state index < -0.39 is 21.8 Å². The van der Waals surface area contributed by atoms with Crippen molar-refractivity contribution in [2.24, 2.45) is 0 Å². The van der Waals surface area contributed by atoms with E-state index in [1.54, 1.807) is 68.4 Å².